The average molecular weight is 204 g/mol. The van der Waals surface area contributed by atoms with Gasteiger partial charge in [-0.1, -0.05) is 18.2 Å². The largest absolute Gasteiger partial charge is 0.508 e. The van der Waals surface area contributed by atoms with Crippen LogP contribution in [0.2, 0.25) is 0 Å². The van der Waals surface area contributed by atoms with Crippen molar-refractivity contribution in [1.82, 2.24) is 0 Å². The van der Waals surface area contributed by atoms with Crippen LogP contribution < -0.4 is 0 Å². The fourth-order valence-electron chi connectivity index (χ4n) is 2.98. The molecule has 80 valence electrons. The van der Waals surface area contributed by atoms with Gasteiger partial charge in [0.2, 0.25) is 0 Å². The SMILES string of the molecule is OC1=CC2C(C=C1)COC1CC=CCC12. The number of ether oxygens (including phenoxy) is 1. The van der Waals surface area contributed by atoms with E-state index in [2.05, 4.69) is 18.2 Å². The van der Waals surface area contributed by atoms with Crippen molar-refractivity contribution < 1.29 is 9.84 Å². The van der Waals surface area contributed by atoms with Gasteiger partial charge >= 0.3 is 0 Å². The van der Waals surface area contributed by atoms with Gasteiger partial charge in [-0.15, -0.1) is 0 Å². The van der Waals surface area contributed by atoms with E-state index in [1.807, 2.05) is 6.08 Å². The first-order chi connectivity index (χ1) is 7.34. The summed E-state index contributed by atoms with van der Waals surface area (Å²) < 4.78 is 5.87. The quantitative estimate of drug-likeness (QED) is 0.614. The van der Waals surface area contributed by atoms with Crippen LogP contribution in [0.5, 0.6) is 0 Å². The second-order valence-corrected chi connectivity index (χ2v) is 4.67. The number of hydrogen-bond donors (Lipinski definition) is 1. The minimum Gasteiger partial charge on any atom is -0.508 e. The van der Waals surface area contributed by atoms with Gasteiger partial charge in [-0.05, 0) is 36.8 Å². The van der Waals surface area contributed by atoms with Crippen molar-refractivity contribution in [3.8, 4) is 0 Å². The summed E-state index contributed by atoms with van der Waals surface area (Å²) in [6.45, 7) is 0.806. The number of rotatable bonds is 0. The maximum atomic E-state index is 9.55. The molecular formula is C13H16O2. The van der Waals surface area contributed by atoms with E-state index in [1.165, 1.54) is 0 Å². The topological polar surface area (TPSA) is 29.5 Å². The lowest BCUT2D eigenvalue weighted by Crippen LogP contribution is -2.42. The van der Waals surface area contributed by atoms with Crippen LogP contribution in [0.1, 0.15) is 12.8 Å². The molecule has 0 aromatic rings. The lowest BCUT2D eigenvalue weighted by atomic mass is 9.71. The highest BCUT2D eigenvalue weighted by Crippen LogP contribution is 2.41. The third kappa shape index (κ3) is 1.53. The molecule has 0 radical (unpaired) electrons. The molecule has 1 saturated heterocycles. The van der Waals surface area contributed by atoms with Crippen LogP contribution >= 0.6 is 0 Å². The summed E-state index contributed by atoms with van der Waals surface area (Å²) in [5, 5.41) is 9.55. The van der Waals surface area contributed by atoms with Gasteiger partial charge in [0.05, 0.1) is 12.7 Å². The van der Waals surface area contributed by atoms with Crippen LogP contribution in [-0.4, -0.2) is 17.8 Å². The Balaban J connectivity index is 1.88. The summed E-state index contributed by atoms with van der Waals surface area (Å²) >= 11 is 0. The number of fused-ring (bicyclic) bond motifs is 3. The highest BCUT2D eigenvalue weighted by molar-refractivity contribution is 5.22. The van der Waals surface area contributed by atoms with Gasteiger partial charge in [0, 0.05) is 5.92 Å². The first-order valence-corrected chi connectivity index (χ1v) is 5.70. The van der Waals surface area contributed by atoms with Crippen LogP contribution in [0, 0.1) is 17.8 Å². The zero-order valence-electron chi connectivity index (χ0n) is 8.67. The minimum atomic E-state index is 0.367. The first kappa shape index (κ1) is 9.22. The molecule has 0 aromatic carbocycles. The molecule has 4 unspecified atom stereocenters. The Hall–Kier alpha value is -1.02. The summed E-state index contributed by atoms with van der Waals surface area (Å²) in [4.78, 5) is 0. The first-order valence-electron chi connectivity index (χ1n) is 5.70. The van der Waals surface area contributed by atoms with Gasteiger partial charge < -0.3 is 9.84 Å². The van der Waals surface area contributed by atoms with E-state index in [0.717, 1.165) is 19.4 Å². The van der Waals surface area contributed by atoms with E-state index in [4.69, 9.17) is 4.74 Å². The highest BCUT2D eigenvalue weighted by Gasteiger charge is 2.39. The fraction of sp³-hybridized carbons (Fsp3) is 0.538. The number of hydrogen-bond acceptors (Lipinski definition) is 2. The zero-order valence-corrected chi connectivity index (χ0v) is 8.67. The smallest absolute Gasteiger partial charge is 0.111 e. The molecule has 2 heteroatoms. The Kier molecular flexibility index (Phi) is 2.17. The van der Waals surface area contributed by atoms with Gasteiger partial charge in [-0.25, -0.2) is 0 Å². The maximum Gasteiger partial charge on any atom is 0.111 e. The molecule has 1 N–H and O–H groups in total. The zero-order chi connectivity index (χ0) is 10.3. The molecule has 15 heavy (non-hydrogen) atoms. The van der Waals surface area contributed by atoms with Crippen molar-refractivity contribution in [3.05, 3.63) is 36.1 Å². The third-order valence-corrected chi connectivity index (χ3v) is 3.79. The lowest BCUT2D eigenvalue weighted by molar-refractivity contribution is -0.0685. The van der Waals surface area contributed by atoms with E-state index < -0.39 is 0 Å². The lowest BCUT2D eigenvalue weighted by Gasteiger charge is -2.43. The Labute approximate surface area is 89.9 Å². The standard InChI is InChI=1S/C13H16O2/c14-10-6-5-9-8-15-13-4-2-1-3-11(13)12(9)7-10/h1-2,5-7,9,11-14H,3-4,8H2. The van der Waals surface area contributed by atoms with E-state index in [1.54, 1.807) is 6.08 Å². The molecular weight excluding hydrogens is 188 g/mol. The highest BCUT2D eigenvalue weighted by atomic mass is 16.5. The average Bonchev–Trinajstić information content (AvgIpc) is 2.29. The van der Waals surface area contributed by atoms with Crippen molar-refractivity contribution in [2.75, 3.05) is 6.61 Å². The number of aliphatic hydroxyl groups excluding tert-OH is 1. The molecule has 2 nitrogen and oxygen atoms in total. The number of aliphatic hydroxyl groups is 1. The van der Waals surface area contributed by atoms with Gasteiger partial charge in [0.15, 0.2) is 0 Å². The van der Waals surface area contributed by atoms with Crippen molar-refractivity contribution in [1.29, 1.82) is 0 Å². The second kappa shape index (κ2) is 3.53. The Morgan fingerprint density at radius 2 is 2.13 bits per heavy atom. The third-order valence-electron chi connectivity index (χ3n) is 3.79. The summed E-state index contributed by atoms with van der Waals surface area (Å²) in [6.07, 6.45) is 12.9. The van der Waals surface area contributed by atoms with Crippen LogP contribution in [0.3, 0.4) is 0 Å². The number of allylic oxidation sites excluding steroid dienone is 3. The molecule has 0 aromatic heterocycles. The predicted molar refractivity (Wildman–Crippen MR) is 58.4 cm³/mol. The summed E-state index contributed by atoms with van der Waals surface area (Å²) in [5.41, 5.74) is 0. The van der Waals surface area contributed by atoms with Crippen molar-refractivity contribution in [2.45, 2.75) is 18.9 Å². The van der Waals surface area contributed by atoms with E-state index in [0.29, 0.717) is 29.6 Å². The van der Waals surface area contributed by atoms with Gasteiger partial charge in [0.1, 0.15) is 5.76 Å². The van der Waals surface area contributed by atoms with Crippen molar-refractivity contribution >= 4 is 0 Å². The Morgan fingerprint density at radius 3 is 3.07 bits per heavy atom. The fourth-order valence-corrected chi connectivity index (χ4v) is 2.98. The van der Waals surface area contributed by atoms with Crippen LogP contribution in [0.15, 0.2) is 36.1 Å². The summed E-state index contributed by atoms with van der Waals surface area (Å²) in [6, 6.07) is 0. The maximum absolute atomic E-state index is 9.55. The van der Waals surface area contributed by atoms with E-state index >= 15 is 0 Å². The minimum absolute atomic E-state index is 0.367. The molecule has 1 aliphatic heterocycles. The van der Waals surface area contributed by atoms with Crippen LogP contribution in [-0.2, 0) is 4.74 Å². The molecule has 1 fully saturated rings. The summed E-state index contributed by atoms with van der Waals surface area (Å²) in [5.74, 6) is 1.92. The molecule has 0 spiro atoms. The summed E-state index contributed by atoms with van der Waals surface area (Å²) in [7, 11) is 0. The van der Waals surface area contributed by atoms with Crippen LogP contribution in [0.25, 0.3) is 0 Å². The van der Waals surface area contributed by atoms with Crippen LogP contribution in [0.4, 0.5) is 0 Å². The van der Waals surface area contributed by atoms with Crippen molar-refractivity contribution in [3.63, 3.8) is 0 Å². The van der Waals surface area contributed by atoms with E-state index in [9.17, 15) is 5.11 Å². The Bertz CT molecular complexity index is 340. The van der Waals surface area contributed by atoms with Crippen molar-refractivity contribution in [2.24, 2.45) is 17.8 Å². The molecule has 3 rings (SSSR count). The predicted octanol–water partition coefficient (Wildman–Crippen LogP) is 2.60. The second-order valence-electron chi connectivity index (χ2n) is 4.67. The normalized spacial score (nSPS) is 43.1. The molecule has 3 aliphatic rings. The van der Waals surface area contributed by atoms with Gasteiger partial charge in [-0.3, -0.25) is 0 Å². The van der Waals surface area contributed by atoms with E-state index in [-0.39, 0.29) is 0 Å². The monoisotopic (exact) mass is 204 g/mol. The van der Waals surface area contributed by atoms with Gasteiger partial charge in [0.25, 0.3) is 0 Å². The van der Waals surface area contributed by atoms with Gasteiger partial charge in [-0.2, -0.15) is 0 Å². The molecule has 2 aliphatic carbocycles. The molecule has 0 saturated carbocycles. The molecule has 1 heterocycles. The molecule has 0 bridgehead atoms. The molecule has 0 amide bonds. The Morgan fingerprint density at radius 1 is 1.27 bits per heavy atom. The molecule has 4 atom stereocenters.